The summed E-state index contributed by atoms with van der Waals surface area (Å²) < 4.78 is 3.67. The van der Waals surface area contributed by atoms with E-state index in [0.29, 0.717) is 13.0 Å². The third kappa shape index (κ3) is 5.99. The first-order valence-electron chi connectivity index (χ1n) is 12.8. The topological polar surface area (TPSA) is 89.1 Å². The molecule has 39 heavy (non-hydrogen) atoms. The minimum Gasteiger partial charge on any atom is -0.478 e. The van der Waals surface area contributed by atoms with Gasteiger partial charge in [-0.05, 0) is 85.5 Å². The summed E-state index contributed by atoms with van der Waals surface area (Å²) in [4.78, 5) is 24.6. The van der Waals surface area contributed by atoms with Crippen LogP contribution in [0.4, 0.5) is 5.69 Å². The second-order valence-electron chi connectivity index (χ2n) is 9.66. The predicted octanol–water partition coefficient (Wildman–Crippen LogP) is 5.91. The Balaban J connectivity index is 1.42. The maximum atomic E-state index is 13.4. The van der Waals surface area contributed by atoms with Crippen LogP contribution in [0, 0.1) is 13.8 Å². The highest BCUT2D eigenvalue weighted by atomic mass is 16.4. The van der Waals surface area contributed by atoms with E-state index >= 15 is 0 Å². The van der Waals surface area contributed by atoms with E-state index in [1.807, 2.05) is 79.3 Å². The molecule has 0 fully saturated rings. The van der Waals surface area contributed by atoms with E-state index in [4.69, 9.17) is 5.11 Å². The number of carboxylic acids is 1. The normalized spacial score (nSPS) is 11.7. The number of aryl methyl sites for hydroxylation is 2. The summed E-state index contributed by atoms with van der Waals surface area (Å²) in [7, 11) is 0. The molecule has 3 aromatic carbocycles. The van der Waals surface area contributed by atoms with Gasteiger partial charge in [-0.1, -0.05) is 42.5 Å². The first-order chi connectivity index (χ1) is 18.9. The zero-order valence-electron chi connectivity index (χ0n) is 21.9. The van der Waals surface area contributed by atoms with Crippen LogP contribution in [0.2, 0.25) is 0 Å². The fourth-order valence-corrected chi connectivity index (χ4v) is 4.80. The van der Waals surface area contributed by atoms with Crippen LogP contribution in [0.5, 0.6) is 0 Å². The summed E-state index contributed by atoms with van der Waals surface area (Å²) >= 11 is 0. The van der Waals surface area contributed by atoms with Gasteiger partial charge in [0.15, 0.2) is 0 Å². The SMILES string of the molecule is Cc1cc(C)n(-c2cccc(-c3ccn(C(CNc4ccc(C(=O)O)cc4)Cc4ccccc4)c(=O)c3)c2)n1. The molecule has 5 aromatic rings. The van der Waals surface area contributed by atoms with E-state index in [1.54, 1.807) is 34.9 Å². The van der Waals surface area contributed by atoms with Crippen LogP contribution in [0.15, 0.2) is 108 Å². The molecule has 7 nitrogen and oxygen atoms in total. The van der Waals surface area contributed by atoms with E-state index < -0.39 is 5.97 Å². The van der Waals surface area contributed by atoms with Gasteiger partial charge in [0.25, 0.3) is 5.56 Å². The van der Waals surface area contributed by atoms with Gasteiger partial charge in [-0.25, -0.2) is 9.48 Å². The number of carboxylic acid groups (broad SMARTS) is 1. The lowest BCUT2D eigenvalue weighted by molar-refractivity contribution is 0.0697. The highest BCUT2D eigenvalue weighted by Crippen LogP contribution is 2.23. The lowest BCUT2D eigenvalue weighted by Crippen LogP contribution is -2.30. The highest BCUT2D eigenvalue weighted by molar-refractivity contribution is 5.88. The average molecular weight is 519 g/mol. The Labute approximate surface area is 227 Å². The molecule has 0 bridgehead atoms. The van der Waals surface area contributed by atoms with Crippen LogP contribution in [-0.4, -0.2) is 32.0 Å². The van der Waals surface area contributed by atoms with Crippen LogP contribution in [0.1, 0.15) is 33.4 Å². The molecule has 0 spiro atoms. The monoisotopic (exact) mass is 518 g/mol. The van der Waals surface area contributed by atoms with Gasteiger partial charge in [-0.3, -0.25) is 4.79 Å². The van der Waals surface area contributed by atoms with Crippen LogP contribution in [0.25, 0.3) is 16.8 Å². The van der Waals surface area contributed by atoms with Crippen LogP contribution >= 0.6 is 0 Å². The number of anilines is 1. The lowest BCUT2D eigenvalue weighted by Gasteiger charge is -2.22. The number of aromatic carboxylic acids is 1. The molecule has 2 aromatic heterocycles. The zero-order chi connectivity index (χ0) is 27.4. The van der Waals surface area contributed by atoms with Crippen molar-refractivity contribution in [3.8, 4) is 16.8 Å². The third-order valence-electron chi connectivity index (χ3n) is 6.76. The Hall–Kier alpha value is -4.91. The van der Waals surface area contributed by atoms with E-state index in [2.05, 4.69) is 22.5 Å². The molecule has 7 heteroatoms. The molecule has 2 heterocycles. The molecule has 1 unspecified atom stereocenters. The maximum Gasteiger partial charge on any atom is 0.335 e. The number of hydrogen-bond acceptors (Lipinski definition) is 4. The van der Waals surface area contributed by atoms with Gasteiger partial charge in [0.05, 0.1) is 23.0 Å². The van der Waals surface area contributed by atoms with E-state index in [0.717, 1.165) is 39.5 Å². The molecule has 0 amide bonds. The largest absolute Gasteiger partial charge is 0.478 e. The highest BCUT2D eigenvalue weighted by Gasteiger charge is 2.15. The van der Waals surface area contributed by atoms with Gasteiger partial charge in [-0.2, -0.15) is 5.10 Å². The molecule has 0 saturated heterocycles. The van der Waals surface area contributed by atoms with Crippen LogP contribution < -0.4 is 10.9 Å². The van der Waals surface area contributed by atoms with Gasteiger partial charge in [0, 0.05) is 30.2 Å². The van der Waals surface area contributed by atoms with Crippen molar-refractivity contribution in [3.05, 3.63) is 136 Å². The van der Waals surface area contributed by atoms with Gasteiger partial charge in [0.2, 0.25) is 0 Å². The Morgan fingerprint density at radius 1 is 0.897 bits per heavy atom. The molecule has 0 aliphatic carbocycles. The number of hydrogen-bond donors (Lipinski definition) is 2. The van der Waals surface area contributed by atoms with Crippen molar-refractivity contribution in [2.75, 3.05) is 11.9 Å². The molecule has 0 aliphatic rings. The van der Waals surface area contributed by atoms with Crippen molar-refractivity contribution >= 4 is 11.7 Å². The molecule has 2 N–H and O–H groups in total. The minimum absolute atomic E-state index is 0.0898. The van der Waals surface area contributed by atoms with Crippen molar-refractivity contribution < 1.29 is 9.90 Å². The molecular weight excluding hydrogens is 488 g/mol. The molecule has 5 rings (SSSR count). The molecule has 196 valence electrons. The summed E-state index contributed by atoms with van der Waals surface area (Å²) in [5, 5.41) is 17.1. The standard InChI is InChI=1S/C32H30N4O3/c1-22-17-23(2)36(34-22)29-10-6-9-26(19-29)27-15-16-35(31(37)20-27)30(18-24-7-4-3-5-8-24)21-33-28-13-11-25(12-14-28)32(38)39/h3-17,19-20,30,33H,18,21H2,1-2H3,(H,38,39). The first-order valence-corrected chi connectivity index (χ1v) is 12.8. The summed E-state index contributed by atoms with van der Waals surface area (Å²) in [6, 6.07) is 30.2. The number of aromatic nitrogens is 3. The van der Waals surface area contributed by atoms with E-state index in [-0.39, 0.29) is 17.2 Å². The van der Waals surface area contributed by atoms with Crippen LogP contribution in [-0.2, 0) is 6.42 Å². The summed E-state index contributed by atoms with van der Waals surface area (Å²) in [5.74, 6) is -0.962. The zero-order valence-corrected chi connectivity index (χ0v) is 21.9. The number of nitrogens with zero attached hydrogens (tertiary/aromatic N) is 3. The maximum absolute atomic E-state index is 13.4. The van der Waals surface area contributed by atoms with Crippen molar-refractivity contribution in [2.45, 2.75) is 26.3 Å². The Kier molecular flexibility index (Phi) is 7.41. The lowest BCUT2D eigenvalue weighted by atomic mass is 10.0. The fraction of sp³-hybridized carbons (Fsp3) is 0.156. The van der Waals surface area contributed by atoms with Crippen molar-refractivity contribution in [2.24, 2.45) is 0 Å². The first kappa shape index (κ1) is 25.7. The molecule has 0 radical (unpaired) electrons. The predicted molar refractivity (Wildman–Crippen MR) is 154 cm³/mol. The van der Waals surface area contributed by atoms with Gasteiger partial charge in [0.1, 0.15) is 0 Å². The molecule has 1 atom stereocenters. The number of nitrogens with one attached hydrogen (secondary N) is 1. The molecule has 0 saturated carbocycles. The fourth-order valence-electron chi connectivity index (χ4n) is 4.80. The Morgan fingerprint density at radius 3 is 2.31 bits per heavy atom. The molecule has 0 aliphatic heterocycles. The number of benzene rings is 3. The number of carbonyl (C=O) groups is 1. The van der Waals surface area contributed by atoms with Gasteiger partial charge < -0.3 is 15.0 Å². The summed E-state index contributed by atoms with van der Waals surface area (Å²) in [6.45, 7) is 4.49. The van der Waals surface area contributed by atoms with Crippen molar-refractivity contribution in [1.82, 2.24) is 14.3 Å². The van der Waals surface area contributed by atoms with Crippen LogP contribution in [0.3, 0.4) is 0 Å². The third-order valence-corrected chi connectivity index (χ3v) is 6.76. The number of pyridine rings is 1. The minimum atomic E-state index is -0.962. The van der Waals surface area contributed by atoms with Gasteiger partial charge in [-0.15, -0.1) is 0 Å². The summed E-state index contributed by atoms with van der Waals surface area (Å²) in [6.07, 6.45) is 2.52. The average Bonchev–Trinajstić information content (AvgIpc) is 3.29. The van der Waals surface area contributed by atoms with Gasteiger partial charge >= 0.3 is 5.97 Å². The second kappa shape index (κ2) is 11.2. The number of rotatable bonds is 9. The Morgan fingerprint density at radius 2 is 1.64 bits per heavy atom. The summed E-state index contributed by atoms with van der Waals surface area (Å²) in [5.41, 5.74) is 6.80. The smallest absolute Gasteiger partial charge is 0.335 e. The second-order valence-corrected chi connectivity index (χ2v) is 9.66. The van der Waals surface area contributed by atoms with E-state index in [9.17, 15) is 9.59 Å². The molecular formula is C32H30N4O3. The van der Waals surface area contributed by atoms with Crippen molar-refractivity contribution in [1.29, 1.82) is 0 Å². The van der Waals surface area contributed by atoms with Crippen molar-refractivity contribution in [3.63, 3.8) is 0 Å². The Bertz CT molecular complexity index is 1650. The quantitative estimate of drug-likeness (QED) is 0.253. The van der Waals surface area contributed by atoms with E-state index in [1.165, 1.54) is 0 Å².